The third-order valence-electron chi connectivity index (χ3n) is 5.28. The number of nitrogens with zero attached hydrogens (tertiary/aromatic N) is 3. The molecule has 0 bridgehead atoms. The Balaban J connectivity index is 1.60. The van der Waals surface area contributed by atoms with E-state index in [1.807, 2.05) is 35.2 Å². The summed E-state index contributed by atoms with van der Waals surface area (Å²) in [5.41, 5.74) is 1.59. The van der Waals surface area contributed by atoms with Crippen LogP contribution in [0.25, 0.3) is 0 Å². The highest BCUT2D eigenvalue weighted by Crippen LogP contribution is 2.31. The van der Waals surface area contributed by atoms with Gasteiger partial charge in [-0.2, -0.15) is 0 Å². The maximum Gasteiger partial charge on any atom is 0.338 e. The van der Waals surface area contributed by atoms with Crippen molar-refractivity contribution in [2.75, 3.05) is 19.5 Å². The molecule has 34 heavy (non-hydrogen) atoms. The second-order valence-corrected chi connectivity index (χ2v) is 9.39. The summed E-state index contributed by atoms with van der Waals surface area (Å²) in [6.07, 6.45) is 0.693. The number of rotatable bonds is 9. The van der Waals surface area contributed by atoms with E-state index in [4.69, 9.17) is 9.47 Å². The highest BCUT2D eigenvalue weighted by molar-refractivity contribution is 7.99. The van der Waals surface area contributed by atoms with Crippen molar-refractivity contribution < 1.29 is 19.1 Å². The number of hydrogen-bond donors (Lipinski definition) is 2. The number of thiophene rings is 1. The van der Waals surface area contributed by atoms with Gasteiger partial charge >= 0.3 is 12.0 Å². The molecule has 1 atom stereocenters. The summed E-state index contributed by atoms with van der Waals surface area (Å²) in [7, 11) is 3.49. The van der Waals surface area contributed by atoms with Crippen molar-refractivity contribution in [2.24, 2.45) is 7.05 Å². The number of thioether (sulfide) groups is 1. The molecule has 0 saturated carbocycles. The van der Waals surface area contributed by atoms with Gasteiger partial charge in [0, 0.05) is 29.8 Å². The molecule has 1 aliphatic rings. The number of ether oxygens (including phenoxy) is 2. The fraction of sp³-hybridized carbons (Fsp3) is 0.304. The van der Waals surface area contributed by atoms with Crippen LogP contribution in [0, 0.1) is 0 Å². The Morgan fingerprint density at radius 3 is 2.71 bits per heavy atom. The fourth-order valence-electron chi connectivity index (χ4n) is 3.56. The van der Waals surface area contributed by atoms with Crippen LogP contribution in [0.5, 0.6) is 5.75 Å². The van der Waals surface area contributed by atoms with Crippen LogP contribution in [0.2, 0.25) is 0 Å². The molecule has 0 spiro atoms. The molecule has 2 aromatic heterocycles. The van der Waals surface area contributed by atoms with Gasteiger partial charge in [-0.15, -0.1) is 21.5 Å². The SMILES string of the molecule is CCOC(=O)C1=C(CSc2nnc(Cc3cccs3)n2C)NC(=O)NC1c1ccc(OC)cc1. The first-order valence-corrected chi connectivity index (χ1v) is 12.5. The van der Waals surface area contributed by atoms with Gasteiger partial charge in [-0.25, -0.2) is 9.59 Å². The first kappa shape index (κ1) is 23.8. The number of methoxy groups -OCH3 is 1. The van der Waals surface area contributed by atoms with E-state index in [0.717, 1.165) is 11.4 Å². The van der Waals surface area contributed by atoms with Gasteiger partial charge in [0.15, 0.2) is 5.16 Å². The highest BCUT2D eigenvalue weighted by Gasteiger charge is 2.34. The van der Waals surface area contributed by atoms with Crippen molar-refractivity contribution in [3.05, 3.63) is 69.3 Å². The molecule has 1 aromatic carbocycles. The smallest absolute Gasteiger partial charge is 0.338 e. The average Bonchev–Trinajstić information content (AvgIpc) is 3.48. The number of nitrogens with one attached hydrogen (secondary N) is 2. The number of hydrogen-bond acceptors (Lipinski definition) is 8. The molecule has 4 rings (SSSR count). The molecule has 2 N–H and O–H groups in total. The summed E-state index contributed by atoms with van der Waals surface area (Å²) < 4.78 is 12.5. The Morgan fingerprint density at radius 1 is 1.24 bits per heavy atom. The molecule has 0 radical (unpaired) electrons. The van der Waals surface area contributed by atoms with Crippen LogP contribution in [0.4, 0.5) is 4.79 Å². The monoisotopic (exact) mass is 499 g/mol. The number of urea groups is 1. The van der Waals surface area contributed by atoms with Crippen molar-refractivity contribution in [3.63, 3.8) is 0 Å². The van der Waals surface area contributed by atoms with E-state index in [2.05, 4.69) is 26.9 Å². The van der Waals surface area contributed by atoms with Crippen molar-refractivity contribution in [3.8, 4) is 5.75 Å². The summed E-state index contributed by atoms with van der Waals surface area (Å²) in [4.78, 5) is 26.6. The van der Waals surface area contributed by atoms with E-state index >= 15 is 0 Å². The Labute approximate surface area is 205 Å². The topological polar surface area (TPSA) is 107 Å². The summed E-state index contributed by atoms with van der Waals surface area (Å²) in [6, 6.07) is 10.2. The van der Waals surface area contributed by atoms with E-state index in [9.17, 15) is 9.59 Å². The van der Waals surface area contributed by atoms with Gasteiger partial charge in [-0.1, -0.05) is 30.0 Å². The van der Waals surface area contributed by atoms with Crippen LogP contribution in [0.15, 0.2) is 58.2 Å². The van der Waals surface area contributed by atoms with Crippen LogP contribution >= 0.6 is 23.1 Å². The number of carbonyl (C=O) groups excluding carboxylic acids is 2. The zero-order valence-corrected chi connectivity index (χ0v) is 20.7. The molecule has 1 aliphatic heterocycles. The Bertz CT molecular complexity index is 1190. The standard InChI is InChI=1S/C23H25N5O4S2/c1-4-32-21(29)19-17(24-22(30)25-20(19)14-7-9-15(31-3)10-8-14)13-34-23-27-26-18(28(23)2)12-16-6-5-11-33-16/h5-11,20H,4,12-13H2,1-3H3,(H2,24,25,30). The van der Waals surface area contributed by atoms with Gasteiger partial charge in [-0.05, 0) is 36.1 Å². The van der Waals surface area contributed by atoms with Crippen molar-refractivity contribution in [1.29, 1.82) is 0 Å². The molecule has 11 heteroatoms. The van der Waals surface area contributed by atoms with Crippen LogP contribution in [0.3, 0.4) is 0 Å². The Hall–Kier alpha value is -3.31. The minimum absolute atomic E-state index is 0.224. The van der Waals surface area contributed by atoms with Gasteiger partial charge in [0.25, 0.3) is 0 Å². The number of carbonyl (C=O) groups is 2. The zero-order chi connectivity index (χ0) is 24.1. The number of esters is 1. The molecule has 178 valence electrons. The Morgan fingerprint density at radius 2 is 2.03 bits per heavy atom. The van der Waals surface area contributed by atoms with Gasteiger partial charge in [0.2, 0.25) is 0 Å². The third-order valence-corrected chi connectivity index (χ3v) is 7.20. The second-order valence-electron chi connectivity index (χ2n) is 7.42. The lowest BCUT2D eigenvalue weighted by atomic mass is 9.95. The largest absolute Gasteiger partial charge is 0.497 e. The normalized spacial score (nSPS) is 15.6. The van der Waals surface area contributed by atoms with Crippen molar-refractivity contribution in [2.45, 2.75) is 24.5 Å². The van der Waals surface area contributed by atoms with Gasteiger partial charge < -0.3 is 24.7 Å². The number of benzene rings is 1. The maximum absolute atomic E-state index is 12.9. The predicted molar refractivity (Wildman–Crippen MR) is 130 cm³/mol. The minimum Gasteiger partial charge on any atom is -0.497 e. The van der Waals surface area contributed by atoms with Gasteiger partial charge in [0.05, 0.1) is 25.3 Å². The molecular weight excluding hydrogens is 474 g/mol. The minimum atomic E-state index is -0.650. The van der Waals surface area contributed by atoms with Crippen LogP contribution in [-0.4, -0.2) is 46.2 Å². The van der Waals surface area contributed by atoms with E-state index in [-0.39, 0.29) is 12.6 Å². The maximum atomic E-state index is 12.9. The summed E-state index contributed by atoms with van der Waals surface area (Å²) in [5, 5.41) is 17.0. The summed E-state index contributed by atoms with van der Waals surface area (Å²) >= 11 is 3.07. The lowest BCUT2D eigenvalue weighted by Crippen LogP contribution is -2.46. The van der Waals surface area contributed by atoms with Crippen LogP contribution < -0.4 is 15.4 Å². The summed E-state index contributed by atoms with van der Waals surface area (Å²) in [6.45, 7) is 1.97. The van der Waals surface area contributed by atoms with E-state index in [1.165, 1.54) is 16.6 Å². The lowest BCUT2D eigenvalue weighted by molar-refractivity contribution is -0.139. The van der Waals surface area contributed by atoms with Crippen molar-refractivity contribution in [1.82, 2.24) is 25.4 Å². The molecule has 3 heterocycles. The molecule has 3 aromatic rings. The van der Waals surface area contributed by atoms with Crippen molar-refractivity contribution >= 4 is 35.1 Å². The van der Waals surface area contributed by atoms with E-state index < -0.39 is 12.0 Å². The molecule has 0 fully saturated rings. The number of amides is 2. The van der Waals surface area contributed by atoms with Crippen LogP contribution in [-0.2, 0) is 23.0 Å². The molecule has 2 amide bonds. The second kappa shape index (κ2) is 10.7. The fourth-order valence-corrected chi connectivity index (χ4v) is 5.16. The molecule has 0 saturated heterocycles. The number of aromatic nitrogens is 3. The first-order valence-electron chi connectivity index (χ1n) is 10.6. The lowest BCUT2D eigenvalue weighted by Gasteiger charge is -2.29. The van der Waals surface area contributed by atoms with Gasteiger partial charge in [-0.3, -0.25) is 0 Å². The van der Waals surface area contributed by atoms with E-state index in [1.54, 1.807) is 37.5 Å². The molecule has 0 aliphatic carbocycles. The molecule has 9 nitrogen and oxygen atoms in total. The zero-order valence-electron chi connectivity index (χ0n) is 19.0. The Kier molecular flexibility index (Phi) is 7.53. The summed E-state index contributed by atoms with van der Waals surface area (Å²) in [5.74, 6) is 1.36. The van der Waals surface area contributed by atoms with Gasteiger partial charge in [0.1, 0.15) is 11.6 Å². The highest BCUT2D eigenvalue weighted by atomic mass is 32.2. The first-order chi connectivity index (χ1) is 16.5. The average molecular weight is 500 g/mol. The third kappa shape index (κ3) is 5.26. The molecule has 1 unspecified atom stereocenters. The van der Waals surface area contributed by atoms with Crippen LogP contribution in [0.1, 0.15) is 29.2 Å². The predicted octanol–water partition coefficient (Wildman–Crippen LogP) is 3.44. The quantitative estimate of drug-likeness (QED) is 0.343. The molecular formula is C23H25N5O4S2. The van der Waals surface area contributed by atoms with E-state index in [0.29, 0.717) is 34.3 Å².